The number of aliphatic imine (C=N–C) groups is 1. The molecule has 3 aliphatic rings. The van der Waals surface area contributed by atoms with Gasteiger partial charge in [0.1, 0.15) is 6.10 Å². The second-order valence-corrected chi connectivity index (χ2v) is 8.39. The van der Waals surface area contributed by atoms with Crippen LogP contribution in [0.4, 0.5) is 0 Å². The Labute approximate surface area is 187 Å². The number of halogens is 1. The molecule has 0 aromatic rings. The normalized spacial score (nSPS) is 22.8. The lowest BCUT2D eigenvalue weighted by Gasteiger charge is -2.36. The third kappa shape index (κ3) is 7.69. The zero-order valence-electron chi connectivity index (χ0n) is 17.5. The Morgan fingerprint density at radius 3 is 2.32 bits per heavy atom. The molecule has 1 aliphatic heterocycles. The number of guanidine groups is 1. The van der Waals surface area contributed by atoms with E-state index in [0.717, 1.165) is 37.8 Å². The van der Waals surface area contributed by atoms with Crippen molar-refractivity contribution in [2.75, 3.05) is 26.7 Å². The second-order valence-electron chi connectivity index (χ2n) is 8.39. The molecule has 28 heavy (non-hydrogen) atoms. The van der Waals surface area contributed by atoms with Gasteiger partial charge in [0.25, 0.3) is 0 Å². The lowest BCUT2D eigenvalue weighted by atomic mass is 10.0. The largest absolute Gasteiger partial charge is 0.462 e. The molecule has 1 heterocycles. The van der Waals surface area contributed by atoms with Gasteiger partial charge in [-0.1, -0.05) is 12.8 Å². The molecule has 162 valence electrons. The van der Waals surface area contributed by atoms with E-state index in [1.807, 2.05) is 7.05 Å². The lowest BCUT2D eigenvalue weighted by Crippen LogP contribution is -2.50. The number of hydrogen-bond donors (Lipinski definition) is 2. The maximum Gasteiger partial charge on any atom is 0.306 e. The third-order valence-electron chi connectivity index (χ3n) is 6.39. The number of nitrogens with one attached hydrogen (secondary N) is 2. The molecular formula is C21H39IN4O2. The van der Waals surface area contributed by atoms with Gasteiger partial charge in [0.15, 0.2) is 5.96 Å². The highest BCUT2D eigenvalue weighted by atomic mass is 127. The molecule has 0 bridgehead atoms. The Hall–Kier alpha value is -0.570. The molecule has 6 nitrogen and oxygen atoms in total. The van der Waals surface area contributed by atoms with Crippen LogP contribution in [0.15, 0.2) is 4.99 Å². The SMILES string of the molecule is CN=C(NCCCC(=O)OC1CCCC1)NC1CCN(C2CCCC2)CC1.I. The van der Waals surface area contributed by atoms with Crippen molar-refractivity contribution in [3.63, 3.8) is 0 Å². The van der Waals surface area contributed by atoms with E-state index in [9.17, 15) is 4.79 Å². The molecule has 0 amide bonds. The maximum absolute atomic E-state index is 11.9. The summed E-state index contributed by atoms with van der Waals surface area (Å²) < 4.78 is 5.50. The fourth-order valence-corrected chi connectivity index (χ4v) is 4.76. The number of ether oxygens (including phenoxy) is 1. The first-order valence-electron chi connectivity index (χ1n) is 11.2. The Balaban J connectivity index is 0.00000280. The quantitative estimate of drug-likeness (QED) is 0.182. The lowest BCUT2D eigenvalue weighted by molar-refractivity contribution is -0.148. The molecule has 3 rings (SSSR count). The minimum atomic E-state index is -0.0501. The van der Waals surface area contributed by atoms with Crippen LogP contribution in [0.3, 0.4) is 0 Å². The number of esters is 1. The Morgan fingerprint density at radius 1 is 1.04 bits per heavy atom. The van der Waals surface area contributed by atoms with E-state index < -0.39 is 0 Å². The Bertz CT molecular complexity index is 483. The van der Waals surface area contributed by atoms with Crippen molar-refractivity contribution in [3.8, 4) is 0 Å². The molecule has 0 aromatic heterocycles. The summed E-state index contributed by atoms with van der Waals surface area (Å²) in [6.45, 7) is 3.15. The zero-order chi connectivity index (χ0) is 18.9. The van der Waals surface area contributed by atoms with Gasteiger partial charge in [-0.05, 0) is 57.8 Å². The van der Waals surface area contributed by atoms with Gasteiger partial charge in [0, 0.05) is 45.2 Å². The van der Waals surface area contributed by atoms with Crippen molar-refractivity contribution in [3.05, 3.63) is 0 Å². The van der Waals surface area contributed by atoms with Gasteiger partial charge < -0.3 is 20.3 Å². The zero-order valence-corrected chi connectivity index (χ0v) is 19.8. The number of nitrogens with zero attached hydrogens (tertiary/aromatic N) is 2. The van der Waals surface area contributed by atoms with Gasteiger partial charge in [0.2, 0.25) is 0 Å². The molecule has 0 radical (unpaired) electrons. The summed E-state index contributed by atoms with van der Waals surface area (Å²) in [5, 5.41) is 6.91. The highest BCUT2D eigenvalue weighted by Crippen LogP contribution is 2.26. The summed E-state index contributed by atoms with van der Waals surface area (Å²) in [5.41, 5.74) is 0. The van der Waals surface area contributed by atoms with Crippen LogP contribution in [-0.2, 0) is 9.53 Å². The van der Waals surface area contributed by atoms with Crippen LogP contribution in [0.2, 0.25) is 0 Å². The number of carbonyl (C=O) groups is 1. The fourth-order valence-electron chi connectivity index (χ4n) is 4.76. The van der Waals surface area contributed by atoms with Gasteiger partial charge in [-0.15, -0.1) is 24.0 Å². The van der Waals surface area contributed by atoms with E-state index in [0.29, 0.717) is 12.5 Å². The predicted octanol–water partition coefficient (Wildman–Crippen LogP) is 3.44. The number of likely N-dealkylation sites (tertiary alicyclic amines) is 1. The monoisotopic (exact) mass is 506 g/mol. The molecule has 0 spiro atoms. The summed E-state index contributed by atoms with van der Waals surface area (Å²) in [7, 11) is 1.82. The smallest absolute Gasteiger partial charge is 0.306 e. The molecule has 1 saturated heterocycles. The van der Waals surface area contributed by atoms with E-state index >= 15 is 0 Å². The average molecular weight is 506 g/mol. The number of piperidine rings is 1. The molecule has 0 atom stereocenters. The number of rotatable bonds is 7. The molecule has 0 aromatic carbocycles. The van der Waals surface area contributed by atoms with E-state index in [2.05, 4.69) is 20.5 Å². The van der Waals surface area contributed by atoms with Crippen LogP contribution in [-0.4, -0.2) is 61.7 Å². The Morgan fingerprint density at radius 2 is 1.68 bits per heavy atom. The van der Waals surface area contributed by atoms with Crippen LogP contribution >= 0.6 is 24.0 Å². The van der Waals surface area contributed by atoms with Gasteiger partial charge >= 0.3 is 5.97 Å². The first-order chi connectivity index (χ1) is 13.2. The molecular weight excluding hydrogens is 467 g/mol. The maximum atomic E-state index is 11.9. The van der Waals surface area contributed by atoms with Crippen LogP contribution < -0.4 is 10.6 Å². The topological polar surface area (TPSA) is 66.0 Å². The molecule has 2 saturated carbocycles. The van der Waals surface area contributed by atoms with Crippen molar-refractivity contribution < 1.29 is 9.53 Å². The molecule has 0 unspecified atom stereocenters. The highest BCUT2D eigenvalue weighted by Gasteiger charge is 2.27. The highest BCUT2D eigenvalue weighted by molar-refractivity contribution is 14.0. The summed E-state index contributed by atoms with van der Waals surface area (Å²) in [5.74, 6) is 0.810. The number of hydrogen-bond acceptors (Lipinski definition) is 4. The van der Waals surface area contributed by atoms with Crippen molar-refractivity contribution in [2.24, 2.45) is 4.99 Å². The number of carbonyl (C=O) groups excluding carboxylic acids is 1. The second kappa shape index (κ2) is 12.9. The van der Waals surface area contributed by atoms with Gasteiger partial charge in [-0.3, -0.25) is 9.79 Å². The average Bonchev–Trinajstić information content (AvgIpc) is 3.39. The van der Waals surface area contributed by atoms with Crippen molar-refractivity contribution in [2.45, 2.75) is 95.2 Å². The van der Waals surface area contributed by atoms with E-state index in [-0.39, 0.29) is 36.0 Å². The molecule has 7 heteroatoms. The van der Waals surface area contributed by atoms with Crippen molar-refractivity contribution in [1.82, 2.24) is 15.5 Å². The third-order valence-corrected chi connectivity index (χ3v) is 6.39. The van der Waals surface area contributed by atoms with Crippen LogP contribution in [0.1, 0.15) is 77.0 Å². The molecule has 2 aliphatic carbocycles. The summed E-state index contributed by atoms with van der Waals surface area (Å²) in [6, 6.07) is 1.34. The Kier molecular flexibility index (Phi) is 10.9. The summed E-state index contributed by atoms with van der Waals surface area (Å²) in [6.07, 6.45) is 13.9. The van der Waals surface area contributed by atoms with Crippen LogP contribution in [0.25, 0.3) is 0 Å². The minimum absolute atomic E-state index is 0. The summed E-state index contributed by atoms with van der Waals surface area (Å²) >= 11 is 0. The predicted molar refractivity (Wildman–Crippen MR) is 124 cm³/mol. The van der Waals surface area contributed by atoms with Gasteiger partial charge in [-0.2, -0.15) is 0 Å². The van der Waals surface area contributed by atoms with Gasteiger partial charge in [0.05, 0.1) is 0 Å². The molecule has 3 fully saturated rings. The fraction of sp³-hybridized carbons (Fsp3) is 0.905. The van der Waals surface area contributed by atoms with Crippen molar-refractivity contribution in [1.29, 1.82) is 0 Å². The van der Waals surface area contributed by atoms with E-state index in [1.165, 1.54) is 64.5 Å². The first-order valence-corrected chi connectivity index (χ1v) is 11.2. The van der Waals surface area contributed by atoms with Crippen LogP contribution in [0.5, 0.6) is 0 Å². The van der Waals surface area contributed by atoms with E-state index in [1.54, 1.807) is 0 Å². The summed E-state index contributed by atoms with van der Waals surface area (Å²) in [4.78, 5) is 18.9. The first kappa shape index (κ1) is 23.7. The van der Waals surface area contributed by atoms with Crippen molar-refractivity contribution >= 4 is 35.9 Å². The van der Waals surface area contributed by atoms with Crippen LogP contribution in [0, 0.1) is 0 Å². The minimum Gasteiger partial charge on any atom is -0.462 e. The van der Waals surface area contributed by atoms with E-state index in [4.69, 9.17) is 4.74 Å². The van der Waals surface area contributed by atoms with Gasteiger partial charge in [-0.25, -0.2) is 0 Å². The molecule has 2 N–H and O–H groups in total. The standard InChI is InChI=1S/C21H38N4O2.HI/c1-22-21(23-14-6-11-20(26)27-19-9-4-5-10-19)24-17-12-15-25(16-13-17)18-7-2-3-8-18;/h17-19H,2-16H2,1H3,(H2,22,23,24);1H.